The minimum Gasteiger partial charge on any atom is -0.394 e. The maximum absolute atomic E-state index is 9.57. The smallest absolute Gasteiger partial charge is 0.109 e. The van der Waals surface area contributed by atoms with Gasteiger partial charge in [0.05, 0.1) is 18.8 Å². The number of hydrogen-bond donors (Lipinski definition) is 3. The Kier molecular flexibility index (Phi) is 3.53. The summed E-state index contributed by atoms with van der Waals surface area (Å²) in [5.41, 5.74) is -0.0887. The minimum atomic E-state index is -0.974. The third kappa shape index (κ3) is 2.45. The molecule has 4 nitrogen and oxygen atoms in total. The second-order valence-electron chi connectivity index (χ2n) is 5.01. The van der Waals surface area contributed by atoms with E-state index in [2.05, 4.69) is 0 Å². The van der Waals surface area contributed by atoms with Gasteiger partial charge in [0.25, 0.3) is 0 Å². The van der Waals surface area contributed by atoms with Gasteiger partial charge < -0.3 is 20.1 Å². The van der Waals surface area contributed by atoms with Crippen LogP contribution >= 0.6 is 0 Å². The molecule has 0 amide bonds. The van der Waals surface area contributed by atoms with E-state index in [4.69, 9.17) is 9.84 Å². The molecule has 84 valence electrons. The summed E-state index contributed by atoms with van der Waals surface area (Å²) in [4.78, 5) is 0. The van der Waals surface area contributed by atoms with Crippen LogP contribution in [0.25, 0.3) is 0 Å². The molecular formula is C10H20O4. The fraction of sp³-hybridized carbons (Fsp3) is 1.00. The van der Waals surface area contributed by atoms with Crippen LogP contribution < -0.4 is 0 Å². The molecule has 0 aromatic heterocycles. The summed E-state index contributed by atoms with van der Waals surface area (Å²) >= 11 is 0. The zero-order valence-electron chi connectivity index (χ0n) is 8.97. The van der Waals surface area contributed by atoms with Gasteiger partial charge in [-0.25, -0.2) is 0 Å². The van der Waals surface area contributed by atoms with Gasteiger partial charge in [0.15, 0.2) is 0 Å². The summed E-state index contributed by atoms with van der Waals surface area (Å²) in [6.07, 6.45) is -2.15. The molecule has 1 heterocycles. The van der Waals surface area contributed by atoms with E-state index in [1.54, 1.807) is 0 Å². The van der Waals surface area contributed by atoms with Gasteiger partial charge in [-0.2, -0.15) is 0 Å². The van der Waals surface area contributed by atoms with E-state index in [-0.39, 0.29) is 18.1 Å². The van der Waals surface area contributed by atoms with Crippen molar-refractivity contribution in [3.63, 3.8) is 0 Å². The van der Waals surface area contributed by atoms with Crippen LogP contribution in [0.2, 0.25) is 0 Å². The van der Waals surface area contributed by atoms with Crippen molar-refractivity contribution in [2.24, 2.45) is 5.41 Å². The molecular weight excluding hydrogens is 184 g/mol. The number of aliphatic hydroxyl groups excluding tert-OH is 3. The molecule has 1 aliphatic heterocycles. The van der Waals surface area contributed by atoms with Crippen molar-refractivity contribution in [1.29, 1.82) is 0 Å². The summed E-state index contributed by atoms with van der Waals surface area (Å²) in [7, 11) is 0. The SMILES string of the molecule is CC(C)(C)[C@H]1CC(O)[C@H](O)C(CO)O1. The minimum absolute atomic E-state index is 0.0887. The molecule has 0 radical (unpaired) electrons. The second kappa shape index (κ2) is 4.14. The zero-order valence-corrected chi connectivity index (χ0v) is 8.97. The van der Waals surface area contributed by atoms with Crippen LogP contribution in [0.15, 0.2) is 0 Å². The van der Waals surface area contributed by atoms with Gasteiger partial charge in [-0.05, 0) is 5.41 Å². The van der Waals surface area contributed by atoms with E-state index >= 15 is 0 Å². The standard InChI is InChI=1S/C10H20O4/c1-10(2,3)8-4-6(12)9(13)7(5-11)14-8/h6-9,11-13H,4-5H2,1-3H3/t6?,7?,8-,9+/m1/s1. The van der Waals surface area contributed by atoms with E-state index in [1.807, 2.05) is 20.8 Å². The fourth-order valence-corrected chi connectivity index (χ4v) is 1.66. The number of ether oxygens (including phenoxy) is 1. The molecule has 0 spiro atoms. The molecule has 0 bridgehead atoms. The average Bonchev–Trinajstić information content (AvgIpc) is 2.07. The molecule has 3 N–H and O–H groups in total. The van der Waals surface area contributed by atoms with E-state index in [9.17, 15) is 10.2 Å². The summed E-state index contributed by atoms with van der Waals surface area (Å²) in [6, 6.07) is 0. The summed E-state index contributed by atoms with van der Waals surface area (Å²) < 4.78 is 5.52. The molecule has 0 aliphatic carbocycles. The lowest BCUT2D eigenvalue weighted by atomic mass is 9.82. The zero-order chi connectivity index (χ0) is 10.9. The Morgan fingerprint density at radius 3 is 2.29 bits per heavy atom. The van der Waals surface area contributed by atoms with Gasteiger partial charge in [-0.3, -0.25) is 0 Å². The molecule has 1 rings (SSSR count). The van der Waals surface area contributed by atoms with E-state index in [0.717, 1.165) is 0 Å². The van der Waals surface area contributed by atoms with Crippen LogP contribution in [0.5, 0.6) is 0 Å². The van der Waals surface area contributed by atoms with Crippen LogP contribution in [-0.2, 0) is 4.74 Å². The summed E-state index contributed by atoms with van der Waals surface area (Å²) in [5.74, 6) is 0. The van der Waals surface area contributed by atoms with Gasteiger partial charge >= 0.3 is 0 Å². The maximum Gasteiger partial charge on any atom is 0.109 e. The van der Waals surface area contributed by atoms with Crippen molar-refractivity contribution >= 4 is 0 Å². The fourth-order valence-electron chi connectivity index (χ4n) is 1.66. The highest BCUT2D eigenvalue weighted by Crippen LogP contribution is 2.32. The average molecular weight is 204 g/mol. The highest BCUT2D eigenvalue weighted by Gasteiger charge is 2.40. The summed E-state index contributed by atoms with van der Waals surface area (Å²) in [6.45, 7) is 5.77. The lowest BCUT2D eigenvalue weighted by Crippen LogP contribution is -2.52. The van der Waals surface area contributed by atoms with Gasteiger partial charge in [0.1, 0.15) is 12.2 Å². The Morgan fingerprint density at radius 1 is 1.29 bits per heavy atom. The van der Waals surface area contributed by atoms with Crippen LogP contribution in [0.3, 0.4) is 0 Å². The highest BCUT2D eigenvalue weighted by molar-refractivity contribution is 4.89. The molecule has 0 aromatic carbocycles. The highest BCUT2D eigenvalue weighted by atomic mass is 16.5. The molecule has 0 saturated carbocycles. The van der Waals surface area contributed by atoms with E-state index in [1.165, 1.54) is 0 Å². The molecule has 0 aromatic rings. The van der Waals surface area contributed by atoms with Crippen molar-refractivity contribution in [1.82, 2.24) is 0 Å². The lowest BCUT2D eigenvalue weighted by molar-refractivity contribution is -0.201. The quantitative estimate of drug-likeness (QED) is 0.558. The normalized spacial score (nSPS) is 39.9. The maximum atomic E-state index is 9.57. The first-order valence-corrected chi connectivity index (χ1v) is 4.98. The molecule has 14 heavy (non-hydrogen) atoms. The van der Waals surface area contributed by atoms with Crippen LogP contribution in [0.1, 0.15) is 27.2 Å². The predicted molar refractivity (Wildman–Crippen MR) is 51.8 cm³/mol. The lowest BCUT2D eigenvalue weighted by Gasteiger charge is -2.42. The van der Waals surface area contributed by atoms with Gasteiger partial charge in [0.2, 0.25) is 0 Å². The Labute approximate surface area is 84.5 Å². The summed E-state index contributed by atoms with van der Waals surface area (Å²) in [5, 5.41) is 28.0. The van der Waals surface area contributed by atoms with Crippen molar-refractivity contribution in [3.8, 4) is 0 Å². The Bertz CT molecular complexity index is 187. The Hall–Kier alpha value is -0.160. The van der Waals surface area contributed by atoms with Gasteiger partial charge in [0, 0.05) is 6.42 Å². The van der Waals surface area contributed by atoms with Gasteiger partial charge in [-0.1, -0.05) is 20.8 Å². The topological polar surface area (TPSA) is 69.9 Å². The second-order valence-corrected chi connectivity index (χ2v) is 5.01. The third-order valence-corrected chi connectivity index (χ3v) is 2.72. The first-order chi connectivity index (χ1) is 6.36. The van der Waals surface area contributed by atoms with Crippen molar-refractivity contribution in [2.45, 2.75) is 51.6 Å². The van der Waals surface area contributed by atoms with Crippen LogP contribution in [0.4, 0.5) is 0 Å². The molecule has 4 heteroatoms. The molecule has 4 atom stereocenters. The number of rotatable bonds is 1. The largest absolute Gasteiger partial charge is 0.394 e. The third-order valence-electron chi connectivity index (χ3n) is 2.72. The van der Waals surface area contributed by atoms with Crippen molar-refractivity contribution in [2.75, 3.05) is 6.61 Å². The molecule has 1 aliphatic rings. The molecule has 1 saturated heterocycles. The first-order valence-electron chi connectivity index (χ1n) is 4.98. The Balaban J connectivity index is 2.68. The van der Waals surface area contributed by atoms with Gasteiger partial charge in [-0.15, -0.1) is 0 Å². The monoisotopic (exact) mass is 204 g/mol. The predicted octanol–water partition coefficient (Wildman–Crippen LogP) is -0.0959. The first kappa shape index (κ1) is 11.9. The molecule has 1 fully saturated rings. The van der Waals surface area contributed by atoms with Crippen molar-refractivity contribution in [3.05, 3.63) is 0 Å². The van der Waals surface area contributed by atoms with Crippen molar-refractivity contribution < 1.29 is 20.1 Å². The molecule has 2 unspecified atom stereocenters. The van der Waals surface area contributed by atoms with Crippen LogP contribution in [0, 0.1) is 5.41 Å². The van der Waals surface area contributed by atoms with Crippen LogP contribution in [-0.4, -0.2) is 46.3 Å². The number of aliphatic hydroxyl groups is 3. The van der Waals surface area contributed by atoms with E-state index in [0.29, 0.717) is 6.42 Å². The number of hydrogen-bond acceptors (Lipinski definition) is 4. The van der Waals surface area contributed by atoms with E-state index < -0.39 is 18.3 Å². The Morgan fingerprint density at radius 2 is 1.86 bits per heavy atom.